The lowest BCUT2D eigenvalue weighted by Crippen LogP contribution is -2.47. The number of hydrogen-bond donors (Lipinski definition) is 3. The van der Waals surface area contributed by atoms with Gasteiger partial charge in [0.05, 0.1) is 0 Å². The van der Waals surface area contributed by atoms with Crippen LogP contribution >= 0.6 is 0 Å². The number of rotatable bonds is 8. The minimum atomic E-state index is -3.68. The summed E-state index contributed by atoms with van der Waals surface area (Å²) in [6.45, 7) is 1.13. The standard InChI is InChI=1S/C11H24N4O4S/c1-14-7-3-4-9(14)5-6-13-20(18,19)15(2)8-10(12)11(16)17/h9-10,13H,3-8,12H2,1-2H3,(H,16,17)/t9?,10-/m0/s1. The van der Waals surface area contributed by atoms with Crippen LogP contribution in [0.2, 0.25) is 0 Å². The van der Waals surface area contributed by atoms with Crippen LogP contribution in [0, 0.1) is 0 Å². The first kappa shape index (κ1) is 17.3. The fourth-order valence-electron chi connectivity index (χ4n) is 2.26. The van der Waals surface area contributed by atoms with Crippen LogP contribution in [0.1, 0.15) is 19.3 Å². The Bertz CT molecular complexity index is 428. The van der Waals surface area contributed by atoms with E-state index in [1.165, 1.54) is 7.05 Å². The summed E-state index contributed by atoms with van der Waals surface area (Å²) in [5.41, 5.74) is 5.32. The number of aliphatic carboxylic acids is 1. The van der Waals surface area contributed by atoms with Gasteiger partial charge in [0.25, 0.3) is 10.2 Å². The minimum Gasteiger partial charge on any atom is -0.480 e. The maximum atomic E-state index is 11.9. The zero-order valence-electron chi connectivity index (χ0n) is 11.9. The second-order valence-corrected chi connectivity index (χ2v) is 7.05. The van der Waals surface area contributed by atoms with Crippen LogP contribution in [-0.4, -0.2) is 74.5 Å². The van der Waals surface area contributed by atoms with Crippen LogP contribution in [0.4, 0.5) is 0 Å². The second kappa shape index (κ2) is 7.32. The molecule has 0 bridgehead atoms. The van der Waals surface area contributed by atoms with Crippen molar-refractivity contribution in [2.75, 3.05) is 33.7 Å². The molecule has 0 saturated carbocycles. The number of likely N-dealkylation sites (N-methyl/N-ethyl adjacent to an activating group) is 1. The molecular weight excluding hydrogens is 284 g/mol. The number of carboxylic acids is 1. The fourth-order valence-corrected chi connectivity index (χ4v) is 3.21. The van der Waals surface area contributed by atoms with Gasteiger partial charge < -0.3 is 15.7 Å². The van der Waals surface area contributed by atoms with Crippen molar-refractivity contribution in [3.63, 3.8) is 0 Å². The Kier molecular flexibility index (Phi) is 6.34. The first-order valence-corrected chi connectivity index (χ1v) is 8.07. The van der Waals surface area contributed by atoms with E-state index in [-0.39, 0.29) is 6.54 Å². The van der Waals surface area contributed by atoms with Crippen molar-refractivity contribution in [2.45, 2.75) is 31.3 Å². The molecule has 1 heterocycles. The van der Waals surface area contributed by atoms with Crippen LogP contribution in [0.3, 0.4) is 0 Å². The molecule has 1 aliphatic heterocycles. The molecule has 4 N–H and O–H groups in total. The van der Waals surface area contributed by atoms with Crippen molar-refractivity contribution in [1.82, 2.24) is 13.9 Å². The van der Waals surface area contributed by atoms with Gasteiger partial charge in [-0.15, -0.1) is 0 Å². The third-order valence-electron chi connectivity index (χ3n) is 3.61. The van der Waals surface area contributed by atoms with Gasteiger partial charge in [-0.25, -0.2) is 4.72 Å². The van der Waals surface area contributed by atoms with Crippen molar-refractivity contribution in [1.29, 1.82) is 0 Å². The van der Waals surface area contributed by atoms with Gasteiger partial charge in [0.15, 0.2) is 0 Å². The van der Waals surface area contributed by atoms with Crippen LogP contribution < -0.4 is 10.5 Å². The molecule has 1 rings (SSSR count). The fraction of sp³-hybridized carbons (Fsp3) is 0.909. The smallest absolute Gasteiger partial charge is 0.321 e. The summed E-state index contributed by atoms with van der Waals surface area (Å²) in [7, 11) is -0.332. The van der Waals surface area contributed by atoms with E-state index < -0.39 is 22.2 Å². The summed E-state index contributed by atoms with van der Waals surface area (Å²) >= 11 is 0. The molecule has 0 radical (unpaired) electrons. The van der Waals surface area contributed by atoms with E-state index >= 15 is 0 Å². The van der Waals surface area contributed by atoms with Gasteiger partial charge in [-0.05, 0) is 32.9 Å². The van der Waals surface area contributed by atoms with E-state index in [4.69, 9.17) is 10.8 Å². The predicted octanol–water partition coefficient (Wildman–Crippen LogP) is -1.35. The van der Waals surface area contributed by atoms with E-state index in [2.05, 4.69) is 9.62 Å². The number of nitrogens with one attached hydrogen (secondary N) is 1. The molecule has 1 fully saturated rings. The van der Waals surface area contributed by atoms with E-state index in [0.717, 1.165) is 30.1 Å². The third kappa shape index (κ3) is 4.98. The summed E-state index contributed by atoms with van der Waals surface area (Å²) < 4.78 is 27.2. The van der Waals surface area contributed by atoms with Crippen molar-refractivity contribution < 1.29 is 18.3 Å². The summed E-state index contributed by atoms with van der Waals surface area (Å²) in [5.74, 6) is -1.22. The van der Waals surface area contributed by atoms with Crippen molar-refractivity contribution >= 4 is 16.2 Å². The molecular formula is C11H24N4O4S. The maximum absolute atomic E-state index is 11.9. The summed E-state index contributed by atoms with van der Waals surface area (Å²) in [6.07, 6.45) is 2.97. The van der Waals surface area contributed by atoms with Crippen LogP contribution in [0.15, 0.2) is 0 Å². The topological polar surface area (TPSA) is 116 Å². The molecule has 0 aromatic carbocycles. The lowest BCUT2D eigenvalue weighted by atomic mass is 10.1. The molecule has 0 aromatic heterocycles. The molecule has 1 aliphatic rings. The zero-order chi connectivity index (χ0) is 15.3. The molecule has 0 aromatic rings. The van der Waals surface area contributed by atoms with E-state index in [1.807, 2.05) is 7.05 Å². The number of carboxylic acid groups (broad SMARTS) is 1. The highest BCUT2D eigenvalue weighted by Crippen LogP contribution is 2.17. The average Bonchev–Trinajstić information content (AvgIpc) is 2.74. The normalized spacial score (nSPS) is 22.3. The number of hydrogen-bond acceptors (Lipinski definition) is 5. The first-order valence-electron chi connectivity index (χ1n) is 6.63. The monoisotopic (exact) mass is 308 g/mol. The van der Waals surface area contributed by atoms with Gasteiger partial charge in [0, 0.05) is 26.2 Å². The molecule has 20 heavy (non-hydrogen) atoms. The Balaban J connectivity index is 2.38. The molecule has 0 spiro atoms. The summed E-state index contributed by atoms with van der Waals surface area (Å²) in [4.78, 5) is 12.8. The molecule has 2 atom stereocenters. The van der Waals surface area contributed by atoms with Gasteiger partial charge in [-0.2, -0.15) is 12.7 Å². The average molecular weight is 308 g/mol. The highest BCUT2D eigenvalue weighted by atomic mass is 32.2. The third-order valence-corrected chi connectivity index (χ3v) is 5.15. The van der Waals surface area contributed by atoms with Gasteiger partial charge in [-0.3, -0.25) is 4.79 Å². The maximum Gasteiger partial charge on any atom is 0.321 e. The lowest BCUT2D eigenvalue weighted by molar-refractivity contribution is -0.138. The number of nitrogens with zero attached hydrogens (tertiary/aromatic N) is 2. The Labute approximate surface area is 120 Å². The van der Waals surface area contributed by atoms with Gasteiger partial charge >= 0.3 is 5.97 Å². The zero-order valence-corrected chi connectivity index (χ0v) is 12.8. The van der Waals surface area contributed by atoms with Crippen molar-refractivity contribution in [2.24, 2.45) is 5.73 Å². The molecule has 9 heteroatoms. The lowest BCUT2D eigenvalue weighted by Gasteiger charge is -2.22. The molecule has 0 aliphatic carbocycles. The highest BCUT2D eigenvalue weighted by molar-refractivity contribution is 7.87. The molecule has 1 unspecified atom stereocenters. The second-order valence-electron chi connectivity index (χ2n) is 5.19. The highest BCUT2D eigenvalue weighted by Gasteiger charge is 2.24. The molecule has 1 saturated heterocycles. The van der Waals surface area contributed by atoms with Gasteiger partial charge in [0.2, 0.25) is 0 Å². The van der Waals surface area contributed by atoms with Crippen LogP contribution in [-0.2, 0) is 15.0 Å². The number of carbonyl (C=O) groups is 1. The quantitative estimate of drug-likeness (QED) is 0.510. The van der Waals surface area contributed by atoms with E-state index in [9.17, 15) is 13.2 Å². The minimum absolute atomic E-state index is 0.256. The SMILES string of the molecule is CN1CCCC1CCNS(=O)(=O)N(C)C[C@H](N)C(=O)O. The van der Waals surface area contributed by atoms with Gasteiger partial charge in [0.1, 0.15) is 6.04 Å². The summed E-state index contributed by atoms with van der Waals surface area (Å²) in [6, 6.07) is -0.818. The largest absolute Gasteiger partial charge is 0.480 e. The summed E-state index contributed by atoms with van der Waals surface area (Å²) in [5, 5.41) is 8.67. The molecule has 118 valence electrons. The molecule has 0 amide bonds. The van der Waals surface area contributed by atoms with E-state index in [0.29, 0.717) is 12.6 Å². The molecule has 8 nitrogen and oxygen atoms in total. The Morgan fingerprint density at radius 1 is 1.60 bits per heavy atom. The van der Waals surface area contributed by atoms with E-state index in [1.54, 1.807) is 0 Å². The van der Waals surface area contributed by atoms with Crippen LogP contribution in [0.25, 0.3) is 0 Å². The number of nitrogens with two attached hydrogens (primary N) is 1. The Hall–Kier alpha value is -0.740. The van der Waals surface area contributed by atoms with Crippen molar-refractivity contribution in [3.8, 4) is 0 Å². The Morgan fingerprint density at radius 2 is 2.25 bits per heavy atom. The predicted molar refractivity (Wildman–Crippen MR) is 75.4 cm³/mol. The van der Waals surface area contributed by atoms with Gasteiger partial charge in [-0.1, -0.05) is 0 Å². The Morgan fingerprint density at radius 3 is 2.75 bits per heavy atom. The van der Waals surface area contributed by atoms with Crippen LogP contribution in [0.5, 0.6) is 0 Å². The first-order chi connectivity index (χ1) is 9.24. The number of likely N-dealkylation sites (tertiary alicyclic amines) is 1. The van der Waals surface area contributed by atoms with Crippen molar-refractivity contribution in [3.05, 3.63) is 0 Å².